The predicted octanol–water partition coefficient (Wildman–Crippen LogP) is -1.08. The van der Waals surface area contributed by atoms with Gasteiger partial charge in [-0.15, -0.1) is 0 Å². The summed E-state index contributed by atoms with van der Waals surface area (Å²) in [7, 11) is -2.30. The van der Waals surface area contributed by atoms with Crippen molar-refractivity contribution in [3.05, 3.63) is 0 Å². The molecule has 1 heterocycles. The van der Waals surface area contributed by atoms with Crippen LogP contribution in [0.3, 0.4) is 0 Å². The van der Waals surface area contributed by atoms with E-state index in [0.29, 0.717) is 4.31 Å². The Morgan fingerprint density at radius 2 is 2.36 bits per heavy atom. The average molecular weight is 224 g/mol. The predicted molar refractivity (Wildman–Crippen MR) is 46.9 cm³/mol. The zero-order chi connectivity index (χ0) is 10.6. The third-order valence-electron chi connectivity index (χ3n) is 1.60. The summed E-state index contributed by atoms with van der Waals surface area (Å²) in [5, 5.41) is 0. The van der Waals surface area contributed by atoms with Crippen molar-refractivity contribution in [2.75, 3.05) is 33.4 Å². The summed E-state index contributed by atoms with van der Waals surface area (Å²) in [5.74, 6) is 0. The number of nitrogens with one attached hydrogen (secondary N) is 1. The molecule has 0 spiro atoms. The summed E-state index contributed by atoms with van der Waals surface area (Å²) < 4.78 is 34.8. The minimum Gasteiger partial charge on any atom is -0.447 e. The van der Waals surface area contributed by atoms with Gasteiger partial charge in [-0.05, 0) is 0 Å². The lowest BCUT2D eigenvalue weighted by molar-refractivity contribution is 0.169. The van der Waals surface area contributed by atoms with Gasteiger partial charge in [-0.2, -0.15) is 17.4 Å². The molecule has 0 bridgehead atoms. The Morgan fingerprint density at radius 1 is 1.64 bits per heavy atom. The second-order valence-electron chi connectivity index (χ2n) is 2.58. The van der Waals surface area contributed by atoms with Crippen molar-refractivity contribution in [1.29, 1.82) is 0 Å². The van der Waals surface area contributed by atoms with Crippen LogP contribution in [0.4, 0.5) is 4.79 Å². The zero-order valence-electron chi connectivity index (χ0n) is 7.73. The van der Waals surface area contributed by atoms with E-state index in [1.807, 2.05) is 0 Å². The maximum absolute atomic E-state index is 11.4. The Balaban J connectivity index is 2.52. The first-order valence-electron chi connectivity index (χ1n) is 4.01. The van der Waals surface area contributed by atoms with E-state index < -0.39 is 16.3 Å². The fraction of sp³-hybridized carbons (Fsp3) is 0.833. The number of carbonyl (C=O) groups excluding carboxylic acids is 1. The van der Waals surface area contributed by atoms with Crippen LogP contribution in [0.5, 0.6) is 0 Å². The number of hydrogen-bond donors (Lipinski definition) is 1. The first-order chi connectivity index (χ1) is 6.58. The van der Waals surface area contributed by atoms with Crippen LogP contribution < -0.4 is 4.72 Å². The Hall–Kier alpha value is -0.860. The van der Waals surface area contributed by atoms with Gasteiger partial charge in [0.2, 0.25) is 0 Å². The molecule has 1 fully saturated rings. The molecule has 0 atom stereocenters. The topological polar surface area (TPSA) is 84.9 Å². The summed E-state index contributed by atoms with van der Waals surface area (Å²) in [4.78, 5) is 10.9. The highest BCUT2D eigenvalue weighted by Crippen LogP contribution is 2.07. The number of ether oxygens (including phenoxy) is 2. The van der Waals surface area contributed by atoms with Crippen LogP contribution >= 0.6 is 0 Å². The van der Waals surface area contributed by atoms with E-state index in [0.717, 1.165) is 0 Å². The number of rotatable bonds is 5. The standard InChI is InChI=1S/C6H12N2O5S/c1-12-4-2-7-14(10,11)8-3-5-13-6(8)9/h7H,2-5H2,1H3. The Morgan fingerprint density at radius 3 is 2.86 bits per heavy atom. The minimum absolute atomic E-state index is 0.0567. The van der Waals surface area contributed by atoms with Crippen molar-refractivity contribution in [2.45, 2.75) is 0 Å². The lowest BCUT2D eigenvalue weighted by Crippen LogP contribution is -2.42. The van der Waals surface area contributed by atoms with Gasteiger partial charge in [0, 0.05) is 13.7 Å². The molecule has 0 aromatic rings. The van der Waals surface area contributed by atoms with Gasteiger partial charge in [-0.3, -0.25) is 0 Å². The second kappa shape index (κ2) is 4.58. The quantitative estimate of drug-likeness (QED) is 0.600. The minimum atomic E-state index is -3.75. The summed E-state index contributed by atoms with van der Waals surface area (Å²) in [6.07, 6.45) is -0.838. The van der Waals surface area contributed by atoms with Crippen molar-refractivity contribution >= 4 is 16.3 Å². The van der Waals surface area contributed by atoms with Crippen molar-refractivity contribution in [1.82, 2.24) is 9.03 Å². The van der Waals surface area contributed by atoms with Crippen molar-refractivity contribution < 1.29 is 22.7 Å². The molecule has 8 heteroatoms. The third-order valence-corrected chi connectivity index (χ3v) is 3.09. The normalized spacial score (nSPS) is 17.2. The number of nitrogens with zero attached hydrogens (tertiary/aromatic N) is 1. The average Bonchev–Trinajstić information content (AvgIpc) is 2.52. The number of hydrogen-bond acceptors (Lipinski definition) is 5. The van der Waals surface area contributed by atoms with Gasteiger partial charge in [-0.1, -0.05) is 0 Å². The van der Waals surface area contributed by atoms with Crippen LogP contribution in [0.1, 0.15) is 0 Å². The number of cyclic esters (lactones) is 1. The Labute approximate surface area is 82.2 Å². The van der Waals surface area contributed by atoms with Gasteiger partial charge < -0.3 is 9.47 Å². The van der Waals surface area contributed by atoms with Gasteiger partial charge in [0.15, 0.2) is 0 Å². The van der Waals surface area contributed by atoms with Gasteiger partial charge in [-0.25, -0.2) is 4.79 Å². The Bertz CT molecular complexity index is 301. The van der Waals surface area contributed by atoms with E-state index in [4.69, 9.17) is 0 Å². The fourth-order valence-electron chi connectivity index (χ4n) is 0.948. The highest BCUT2D eigenvalue weighted by Gasteiger charge is 2.32. The molecular weight excluding hydrogens is 212 g/mol. The maximum Gasteiger partial charge on any atom is 0.424 e. The maximum atomic E-state index is 11.4. The largest absolute Gasteiger partial charge is 0.447 e. The fourth-order valence-corrected chi connectivity index (χ4v) is 2.01. The SMILES string of the molecule is COCCNS(=O)(=O)N1CCOC1=O. The number of carbonyl (C=O) groups is 1. The molecule has 1 aliphatic rings. The molecule has 14 heavy (non-hydrogen) atoms. The highest BCUT2D eigenvalue weighted by atomic mass is 32.2. The Kier molecular flexibility index (Phi) is 3.67. The molecule has 0 radical (unpaired) electrons. The van der Waals surface area contributed by atoms with E-state index in [1.165, 1.54) is 7.11 Å². The summed E-state index contributed by atoms with van der Waals surface area (Å²) in [6, 6.07) is 0. The molecular formula is C6H12N2O5S. The van der Waals surface area contributed by atoms with Gasteiger partial charge in [0.05, 0.1) is 13.2 Å². The van der Waals surface area contributed by atoms with Crippen LogP contribution in [-0.4, -0.2) is 52.2 Å². The van der Waals surface area contributed by atoms with Crippen LogP contribution in [-0.2, 0) is 19.7 Å². The lowest BCUT2D eigenvalue weighted by Gasteiger charge is -2.13. The van der Waals surface area contributed by atoms with E-state index in [-0.39, 0.29) is 26.3 Å². The molecule has 0 aromatic heterocycles. The summed E-state index contributed by atoms with van der Waals surface area (Å²) in [5.41, 5.74) is 0. The number of methoxy groups -OCH3 is 1. The van der Waals surface area contributed by atoms with Crippen molar-refractivity contribution in [3.63, 3.8) is 0 Å². The zero-order valence-corrected chi connectivity index (χ0v) is 8.54. The van der Waals surface area contributed by atoms with Crippen LogP contribution in [0.25, 0.3) is 0 Å². The van der Waals surface area contributed by atoms with E-state index in [1.54, 1.807) is 0 Å². The van der Waals surface area contributed by atoms with Crippen LogP contribution in [0.2, 0.25) is 0 Å². The summed E-state index contributed by atoms with van der Waals surface area (Å²) in [6.45, 7) is 0.538. The molecule has 0 aromatic carbocycles. The lowest BCUT2D eigenvalue weighted by atomic mass is 10.7. The number of amides is 1. The molecule has 1 saturated heterocycles. The van der Waals surface area contributed by atoms with Crippen LogP contribution in [0, 0.1) is 0 Å². The van der Waals surface area contributed by atoms with E-state index in [2.05, 4.69) is 14.2 Å². The van der Waals surface area contributed by atoms with Gasteiger partial charge in [0.1, 0.15) is 6.61 Å². The van der Waals surface area contributed by atoms with E-state index >= 15 is 0 Å². The first kappa shape index (κ1) is 11.2. The third kappa shape index (κ3) is 2.56. The molecule has 7 nitrogen and oxygen atoms in total. The molecule has 0 unspecified atom stereocenters. The van der Waals surface area contributed by atoms with Gasteiger partial charge in [0.25, 0.3) is 0 Å². The van der Waals surface area contributed by atoms with Crippen LogP contribution in [0.15, 0.2) is 0 Å². The smallest absolute Gasteiger partial charge is 0.424 e. The molecule has 1 aliphatic heterocycles. The highest BCUT2D eigenvalue weighted by molar-refractivity contribution is 7.87. The molecule has 1 amide bonds. The molecule has 1 rings (SSSR count). The molecule has 0 saturated carbocycles. The monoisotopic (exact) mass is 224 g/mol. The van der Waals surface area contributed by atoms with Crippen molar-refractivity contribution in [2.24, 2.45) is 0 Å². The molecule has 82 valence electrons. The summed E-state index contributed by atoms with van der Waals surface area (Å²) >= 11 is 0. The van der Waals surface area contributed by atoms with Gasteiger partial charge >= 0.3 is 16.3 Å². The second-order valence-corrected chi connectivity index (χ2v) is 4.26. The first-order valence-corrected chi connectivity index (χ1v) is 5.45. The molecule has 1 N–H and O–H groups in total. The van der Waals surface area contributed by atoms with E-state index in [9.17, 15) is 13.2 Å². The molecule has 0 aliphatic carbocycles. The van der Waals surface area contributed by atoms with Crippen molar-refractivity contribution in [3.8, 4) is 0 Å².